The molecule has 1 unspecified atom stereocenters. The number of fused-ring (bicyclic) bond motifs is 2. The monoisotopic (exact) mass is 264 g/mol. The van der Waals surface area contributed by atoms with Gasteiger partial charge < -0.3 is 5.11 Å². The van der Waals surface area contributed by atoms with Crippen molar-refractivity contribution in [3.8, 4) is 0 Å². The van der Waals surface area contributed by atoms with Crippen molar-refractivity contribution in [2.24, 2.45) is 0 Å². The van der Waals surface area contributed by atoms with Gasteiger partial charge in [0.15, 0.2) is 11.6 Å². The third-order valence-electron chi connectivity index (χ3n) is 3.09. The van der Waals surface area contributed by atoms with Crippen molar-refractivity contribution in [1.29, 1.82) is 0 Å². The van der Waals surface area contributed by atoms with Crippen molar-refractivity contribution in [3.05, 3.63) is 64.7 Å². The van der Waals surface area contributed by atoms with E-state index in [2.05, 4.69) is 0 Å². The fourth-order valence-corrected chi connectivity index (χ4v) is 3.26. The van der Waals surface area contributed by atoms with Gasteiger partial charge in [-0.05, 0) is 23.3 Å². The van der Waals surface area contributed by atoms with Crippen LogP contribution in [0.1, 0.15) is 22.8 Å². The van der Waals surface area contributed by atoms with Crippen molar-refractivity contribution >= 4 is 11.8 Å². The highest BCUT2D eigenvalue weighted by Crippen LogP contribution is 2.40. The SMILES string of the molecule is OC1c2ccccc2SCc2ccc(F)c(F)c21. The molecule has 1 atom stereocenters. The highest BCUT2D eigenvalue weighted by molar-refractivity contribution is 7.98. The topological polar surface area (TPSA) is 20.2 Å². The molecule has 1 N–H and O–H groups in total. The zero-order valence-corrected chi connectivity index (χ0v) is 10.2. The molecule has 0 amide bonds. The third-order valence-corrected chi connectivity index (χ3v) is 4.23. The molecule has 0 fully saturated rings. The molecular formula is C14H10F2OS. The second kappa shape index (κ2) is 4.37. The maximum Gasteiger partial charge on any atom is 0.165 e. The van der Waals surface area contributed by atoms with Crippen molar-refractivity contribution in [2.75, 3.05) is 0 Å². The Morgan fingerprint density at radius 3 is 2.72 bits per heavy atom. The van der Waals surface area contributed by atoms with E-state index in [4.69, 9.17) is 0 Å². The van der Waals surface area contributed by atoms with Crippen molar-refractivity contribution < 1.29 is 13.9 Å². The first-order valence-electron chi connectivity index (χ1n) is 5.55. The summed E-state index contributed by atoms with van der Waals surface area (Å²) in [5.74, 6) is -1.34. The minimum absolute atomic E-state index is 0.0625. The maximum absolute atomic E-state index is 13.9. The lowest BCUT2D eigenvalue weighted by atomic mass is 9.97. The highest BCUT2D eigenvalue weighted by atomic mass is 32.2. The summed E-state index contributed by atoms with van der Waals surface area (Å²) in [6, 6.07) is 9.92. The van der Waals surface area contributed by atoms with Gasteiger partial charge in [0.25, 0.3) is 0 Å². The molecule has 0 saturated heterocycles. The van der Waals surface area contributed by atoms with Crippen LogP contribution in [0.5, 0.6) is 0 Å². The first kappa shape index (κ1) is 11.7. The summed E-state index contributed by atoms with van der Waals surface area (Å²) in [5, 5.41) is 10.3. The van der Waals surface area contributed by atoms with Gasteiger partial charge in [0.2, 0.25) is 0 Å². The Labute approximate surface area is 107 Å². The van der Waals surface area contributed by atoms with Gasteiger partial charge in [-0.25, -0.2) is 8.78 Å². The average Bonchev–Trinajstić information content (AvgIpc) is 2.53. The first-order chi connectivity index (χ1) is 8.68. The lowest BCUT2D eigenvalue weighted by molar-refractivity contribution is 0.210. The van der Waals surface area contributed by atoms with E-state index in [1.54, 1.807) is 12.1 Å². The van der Waals surface area contributed by atoms with E-state index in [1.165, 1.54) is 17.8 Å². The summed E-state index contributed by atoms with van der Waals surface area (Å²) >= 11 is 1.52. The summed E-state index contributed by atoms with van der Waals surface area (Å²) < 4.78 is 27.2. The molecule has 0 bridgehead atoms. The van der Waals surface area contributed by atoms with E-state index in [1.807, 2.05) is 12.1 Å². The van der Waals surface area contributed by atoms with Crippen LogP contribution in [0.15, 0.2) is 41.3 Å². The van der Waals surface area contributed by atoms with Crippen LogP contribution >= 0.6 is 11.8 Å². The fraction of sp³-hybridized carbons (Fsp3) is 0.143. The van der Waals surface area contributed by atoms with Gasteiger partial charge in [-0.2, -0.15) is 0 Å². The molecule has 2 aromatic rings. The van der Waals surface area contributed by atoms with Crippen LogP contribution < -0.4 is 0 Å². The highest BCUT2D eigenvalue weighted by Gasteiger charge is 2.26. The van der Waals surface area contributed by atoms with E-state index in [0.29, 0.717) is 16.9 Å². The maximum atomic E-state index is 13.9. The summed E-state index contributed by atoms with van der Waals surface area (Å²) in [7, 11) is 0. The van der Waals surface area contributed by atoms with Crippen LogP contribution in [0.4, 0.5) is 8.78 Å². The number of hydrogen-bond acceptors (Lipinski definition) is 2. The van der Waals surface area contributed by atoms with E-state index < -0.39 is 17.7 Å². The van der Waals surface area contributed by atoms with Gasteiger partial charge >= 0.3 is 0 Å². The zero-order valence-electron chi connectivity index (χ0n) is 9.36. The van der Waals surface area contributed by atoms with Gasteiger partial charge in [-0.1, -0.05) is 24.3 Å². The Bertz CT molecular complexity index is 613. The quantitative estimate of drug-likeness (QED) is 0.783. The number of rotatable bonds is 0. The van der Waals surface area contributed by atoms with Crippen LogP contribution in [0.2, 0.25) is 0 Å². The van der Waals surface area contributed by atoms with Gasteiger partial charge in [0.1, 0.15) is 6.10 Å². The number of halogens is 2. The van der Waals surface area contributed by atoms with Crippen LogP contribution in [0, 0.1) is 11.6 Å². The predicted octanol–water partition coefficient (Wildman–Crippen LogP) is 3.65. The van der Waals surface area contributed by atoms with Crippen molar-refractivity contribution in [3.63, 3.8) is 0 Å². The predicted molar refractivity (Wildman–Crippen MR) is 66.4 cm³/mol. The van der Waals surface area contributed by atoms with Crippen molar-refractivity contribution in [1.82, 2.24) is 0 Å². The van der Waals surface area contributed by atoms with E-state index in [9.17, 15) is 13.9 Å². The lowest BCUT2D eigenvalue weighted by Gasteiger charge is -2.14. The minimum Gasteiger partial charge on any atom is -0.383 e. The Balaban J connectivity index is 2.24. The van der Waals surface area contributed by atoms with Crippen LogP contribution in [0.25, 0.3) is 0 Å². The molecule has 0 aliphatic carbocycles. The molecular weight excluding hydrogens is 254 g/mol. The number of benzene rings is 2. The molecule has 0 saturated carbocycles. The third kappa shape index (κ3) is 1.72. The molecule has 0 spiro atoms. The molecule has 1 aliphatic rings. The van der Waals surface area contributed by atoms with Crippen molar-refractivity contribution in [2.45, 2.75) is 16.8 Å². The molecule has 1 heterocycles. The number of aliphatic hydroxyl groups is 1. The van der Waals surface area contributed by atoms with Gasteiger partial charge in [-0.3, -0.25) is 0 Å². The molecule has 2 aromatic carbocycles. The van der Waals surface area contributed by atoms with E-state index >= 15 is 0 Å². The zero-order chi connectivity index (χ0) is 12.7. The van der Waals surface area contributed by atoms with E-state index in [-0.39, 0.29) is 5.56 Å². The number of aliphatic hydroxyl groups excluding tert-OH is 1. The van der Waals surface area contributed by atoms with E-state index in [0.717, 1.165) is 11.0 Å². The second-order valence-electron chi connectivity index (χ2n) is 4.16. The Morgan fingerprint density at radius 1 is 1.11 bits per heavy atom. The number of hydrogen-bond donors (Lipinski definition) is 1. The average molecular weight is 264 g/mol. The largest absolute Gasteiger partial charge is 0.383 e. The lowest BCUT2D eigenvalue weighted by Crippen LogP contribution is -2.06. The van der Waals surface area contributed by atoms with Crippen LogP contribution in [-0.2, 0) is 5.75 Å². The summed E-state index contributed by atoms with van der Waals surface area (Å²) in [4.78, 5) is 0.904. The van der Waals surface area contributed by atoms with Gasteiger partial charge in [0.05, 0.1) is 0 Å². The molecule has 1 aliphatic heterocycles. The second-order valence-corrected chi connectivity index (χ2v) is 5.18. The van der Waals surface area contributed by atoms with Gasteiger partial charge in [0, 0.05) is 16.2 Å². The van der Waals surface area contributed by atoms with Gasteiger partial charge in [-0.15, -0.1) is 11.8 Å². The Kier molecular flexibility index (Phi) is 2.84. The first-order valence-corrected chi connectivity index (χ1v) is 6.53. The summed E-state index contributed by atoms with van der Waals surface area (Å²) in [6.45, 7) is 0. The molecule has 1 nitrogen and oxygen atoms in total. The normalized spacial score (nSPS) is 17.8. The summed E-state index contributed by atoms with van der Waals surface area (Å²) in [5.41, 5.74) is 1.33. The molecule has 0 radical (unpaired) electrons. The smallest absolute Gasteiger partial charge is 0.165 e. The molecule has 3 rings (SSSR count). The molecule has 4 heteroatoms. The van der Waals surface area contributed by atoms with Crippen LogP contribution in [0.3, 0.4) is 0 Å². The number of thioether (sulfide) groups is 1. The Morgan fingerprint density at radius 2 is 1.89 bits per heavy atom. The summed E-state index contributed by atoms with van der Waals surface area (Å²) in [6.07, 6.45) is -1.11. The minimum atomic E-state index is -1.11. The molecule has 0 aromatic heterocycles. The fourth-order valence-electron chi connectivity index (χ4n) is 2.18. The molecule has 92 valence electrons. The van der Waals surface area contributed by atoms with Crippen LogP contribution in [-0.4, -0.2) is 5.11 Å². The standard InChI is InChI=1S/C14H10F2OS/c15-10-6-5-8-7-18-11-4-2-1-3-9(11)14(17)12(8)13(10)16/h1-6,14,17H,7H2. The Hall–Kier alpha value is -1.39. The molecule has 18 heavy (non-hydrogen) atoms.